The molecule has 0 amide bonds. The highest BCUT2D eigenvalue weighted by Gasteiger charge is 2.13. The van der Waals surface area contributed by atoms with Crippen molar-refractivity contribution in [3.63, 3.8) is 0 Å². The van der Waals surface area contributed by atoms with Crippen molar-refractivity contribution in [2.24, 2.45) is 0 Å². The molecule has 0 bridgehead atoms. The first kappa shape index (κ1) is 13.5. The summed E-state index contributed by atoms with van der Waals surface area (Å²) in [5.74, 6) is -0.0678. The molecular formula is C15H14NO2S. The molecule has 0 saturated carbocycles. The fourth-order valence-corrected chi connectivity index (χ4v) is 2.96. The first-order chi connectivity index (χ1) is 9.08. The monoisotopic (exact) mass is 272 g/mol. The Morgan fingerprint density at radius 1 is 1.26 bits per heavy atom. The zero-order valence-electron chi connectivity index (χ0n) is 10.5. The molecule has 0 aliphatic carbocycles. The standard InChI is InChI=1S/C15H14NO2S/c1-3-5-15-14-11-13(19(17,18)10-4-2)7-6-12(14)8-9-16-15/h3-4,6-8,11H,1-2,5,10H2. The zero-order chi connectivity index (χ0) is 13.9. The lowest BCUT2D eigenvalue weighted by atomic mass is 10.1. The maximum absolute atomic E-state index is 12.0. The zero-order valence-corrected chi connectivity index (χ0v) is 11.3. The van der Waals surface area contributed by atoms with Crippen LogP contribution in [0.2, 0.25) is 0 Å². The van der Waals surface area contributed by atoms with Crippen molar-refractivity contribution >= 4 is 20.6 Å². The molecule has 0 aliphatic rings. The minimum absolute atomic E-state index is 0.0678. The Hall–Kier alpha value is -1.94. The molecule has 1 aromatic carbocycles. The summed E-state index contributed by atoms with van der Waals surface area (Å²) in [5.41, 5.74) is 0.781. The van der Waals surface area contributed by atoms with Crippen LogP contribution >= 0.6 is 0 Å². The Morgan fingerprint density at radius 3 is 2.74 bits per heavy atom. The number of nitrogens with zero attached hydrogens (tertiary/aromatic N) is 1. The second-order valence-corrected chi connectivity index (χ2v) is 6.18. The van der Waals surface area contributed by atoms with Crippen molar-refractivity contribution in [1.82, 2.24) is 4.98 Å². The highest BCUT2D eigenvalue weighted by molar-refractivity contribution is 7.91. The number of benzene rings is 1. The maximum atomic E-state index is 12.0. The molecule has 3 nitrogen and oxygen atoms in total. The molecule has 0 N–H and O–H groups in total. The van der Waals surface area contributed by atoms with Crippen LogP contribution in [0.15, 0.2) is 54.5 Å². The van der Waals surface area contributed by atoms with E-state index in [2.05, 4.69) is 24.3 Å². The molecule has 1 aromatic heterocycles. The van der Waals surface area contributed by atoms with Gasteiger partial charge in [-0.1, -0.05) is 18.2 Å². The summed E-state index contributed by atoms with van der Waals surface area (Å²) in [6.07, 6.45) is 6.52. The van der Waals surface area contributed by atoms with Crippen LogP contribution in [0.25, 0.3) is 10.8 Å². The first-order valence-corrected chi connectivity index (χ1v) is 7.48. The van der Waals surface area contributed by atoms with E-state index in [1.807, 2.05) is 0 Å². The number of sulfone groups is 1. The molecule has 0 spiro atoms. The number of hydrogen-bond acceptors (Lipinski definition) is 3. The third-order valence-corrected chi connectivity index (χ3v) is 4.44. The van der Waals surface area contributed by atoms with Gasteiger partial charge in [0.25, 0.3) is 0 Å². The predicted molar refractivity (Wildman–Crippen MR) is 76.7 cm³/mol. The summed E-state index contributed by atoms with van der Waals surface area (Å²) in [6.45, 7) is 7.15. The average molecular weight is 272 g/mol. The Kier molecular flexibility index (Phi) is 3.81. The highest BCUT2D eigenvalue weighted by atomic mass is 32.2. The van der Waals surface area contributed by atoms with Crippen molar-refractivity contribution in [2.75, 3.05) is 5.75 Å². The average Bonchev–Trinajstić information content (AvgIpc) is 2.39. The molecule has 2 aromatic rings. The van der Waals surface area contributed by atoms with Gasteiger partial charge in [-0.15, -0.1) is 13.2 Å². The number of allylic oxidation sites excluding steroid dienone is 1. The molecule has 0 atom stereocenters. The third-order valence-electron chi connectivity index (χ3n) is 2.79. The molecule has 1 radical (unpaired) electrons. The number of hydrogen-bond donors (Lipinski definition) is 0. The molecule has 0 aliphatic heterocycles. The van der Waals surface area contributed by atoms with Crippen molar-refractivity contribution in [3.8, 4) is 0 Å². The van der Waals surface area contributed by atoms with Crippen LogP contribution in [0.5, 0.6) is 0 Å². The van der Waals surface area contributed by atoms with Gasteiger partial charge in [-0.2, -0.15) is 0 Å². The van der Waals surface area contributed by atoms with Gasteiger partial charge in [-0.25, -0.2) is 8.42 Å². The maximum Gasteiger partial charge on any atom is 0.181 e. The van der Waals surface area contributed by atoms with Gasteiger partial charge in [-0.3, -0.25) is 4.98 Å². The Balaban J connectivity index is 2.65. The van der Waals surface area contributed by atoms with E-state index in [4.69, 9.17) is 0 Å². The van der Waals surface area contributed by atoms with Crippen LogP contribution in [0.4, 0.5) is 0 Å². The van der Waals surface area contributed by atoms with E-state index >= 15 is 0 Å². The lowest BCUT2D eigenvalue weighted by molar-refractivity contribution is 0.599. The van der Waals surface area contributed by atoms with Crippen LogP contribution in [0.1, 0.15) is 5.69 Å². The summed E-state index contributed by atoms with van der Waals surface area (Å²) < 4.78 is 24.1. The van der Waals surface area contributed by atoms with Gasteiger partial charge in [0.05, 0.1) is 22.5 Å². The Bertz CT molecular complexity index is 733. The minimum atomic E-state index is -3.32. The van der Waals surface area contributed by atoms with Crippen molar-refractivity contribution in [2.45, 2.75) is 11.3 Å². The number of fused-ring (bicyclic) bond motifs is 1. The van der Waals surface area contributed by atoms with E-state index in [9.17, 15) is 8.42 Å². The van der Waals surface area contributed by atoms with E-state index in [0.717, 1.165) is 16.5 Å². The summed E-state index contributed by atoms with van der Waals surface area (Å²) in [5, 5.41) is 1.74. The van der Waals surface area contributed by atoms with Crippen molar-refractivity contribution in [1.29, 1.82) is 0 Å². The molecule has 1 heterocycles. The third kappa shape index (κ3) is 2.74. The SMILES string of the molecule is C=CCc1n[c]cc2ccc(S(=O)(=O)CC=C)cc12. The van der Waals surface area contributed by atoms with Crippen molar-refractivity contribution in [3.05, 3.63) is 61.5 Å². The molecular weight excluding hydrogens is 258 g/mol. The smallest absolute Gasteiger partial charge is 0.181 e. The van der Waals surface area contributed by atoms with Gasteiger partial charge in [-0.05, 0) is 23.6 Å². The summed E-state index contributed by atoms with van der Waals surface area (Å²) >= 11 is 0. The summed E-state index contributed by atoms with van der Waals surface area (Å²) in [7, 11) is -3.32. The Labute approximate surface area is 113 Å². The predicted octanol–water partition coefficient (Wildman–Crippen LogP) is 2.72. The first-order valence-electron chi connectivity index (χ1n) is 5.83. The largest absolute Gasteiger partial charge is 0.250 e. The molecule has 4 heteroatoms. The lowest BCUT2D eigenvalue weighted by Crippen LogP contribution is -2.04. The van der Waals surface area contributed by atoms with Gasteiger partial charge in [0, 0.05) is 11.8 Å². The lowest BCUT2D eigenvalue weighted by Gasteiger charge is -2.06. The van der Waals surface area contributed by atoms with E-state index in [1.54, 1.807) is 30.3 Å². The molecule has 0 saturated heterocycles. The van der Waals surface area contributed by atoms with Crippen LogP contribution in [-0.2, 0) is 16.3 Å². The fourth-order valence-electron chi connectivity index (χ4n) is 1.89. The van der Waals surface area contributed by atoms with Crippen LogP contribution in [-0.4, -0.2) is 19.2 Å². The van der Waals surface area contributed by atoms with E-state index in [-0.39, 0.29) is 5.75 Å². The van der Waals surface area contributed by atoms with Crippen LogP contribution in [0, 0.1) is 6.20 Å². The molecule has 0 unspecified atom stereocenters. The Morgan fingerprint density at radius 2 is 2.05 bits per heavy atom. The fraction of sp³-hybridized carbons (Fsp3) is 0.133. The van der Waals surface area contributed by atoms with E-state index in [0.29, 0.717) is 11.3 Å². The quantitative estimate of drug-likeness (QED) is 0.786. The number of rotatable bonds is 5. The molecule has 97 valence electrons. The van der Waals surface area contributed by atoms with Gasteiger partial charge < -0.3 is 0 Å². The van der Waals surface area contributed by atoms with Gasteiger partial charge in [0.1, 0.15) is 0 Å². The van der Waals surface area contributed by atoms with Gasteiger partial charge >= 0.3 is 0 Å². The molecule has 19 heavy (non-hydrogen) atoms. The molecule has 0 fully saturated rings. The summed E-state index contributed by atoms with van der Waals surface area (Å²) in [6, 6.07) is 6.78. The van der Waals surface area contributed by atoms with Crippen LogP contribution < -0.4 is 0 Å². The second kappa shape index (κ2) is 5.36. The minimum Gasteiger partial charge on any atom is -0.250 e. The molecule has 2 rings (SSSR count). The normalized spacial score (nSPS) is 11.4. The topological polar surface area (TPSA) is 47.0 Å². The van der Waals surface area contributed by atoms with E-state index in [1.165, 1.54) is 6.08 Å². The highest BCUT2D eigenvalue weighted by Crippen LogP contribution is 2.22. The number of aromatic nitrogens is 1. The second-order valence-electron chi connectivity index (χ2n) is 4.14. The van der Waals surface area contributed by atoms with Gasteiger partial charge in [0.15, 0.2) is 9.84 Å². The van der Waals surface area contributed by atoms with Crippen molar-refractivity contribution < 1.29 is 8.42 Å². The van der Waals surface area contributed by atoms with Crippen LogP contribution in [0.3, 0.4) is 0 Å². The van der Waals surface area contributed by atoms with Gasteiger partial charge in [0.2, 0.25) is 0 Å². The summed E-state index contributed by atoms with van der Waals surface area (Å²) in [4.78, 5) is 4.44. The number of pyridine rings is 1. The van der Waals surface area contributed by atoms with E-state index < -0.39 is 9.84 Å².